The van der Waals surface area contributed by atoms with Crippen LogP contribution in [0.5, 0.6) is 5.75 Å². The van der Waals surface area contributed by atoms with Crippen LogP contribution in [0.15, 0.2) is 22.6 Å². The number of carbonyl (C=O) groups excluding carboxylic acids is 1. The maximum Gasteiger partial charge on any atom is 0.311 e. The Morgan fingerprint density at radius 3 is 3.06 bits per heavy atom. The minimum atomic E-state index is -0.220. The second-order valence-electron chi connectivity index (χ2n) is 3.59. The summed E-state index contributed by atoms with van der Waals surface area (Å²) in [5.41, 5.74) is 1.41. The van der Waals surface area contributed by atoms with E-state index in [2.05, 4.69) is 4.98 Å². The number of hydrogen-bond donors (Lipinski definition) is 0. The quantitative estimate of drug-likeness (QED) is 0.588. The SMILES string of the molecule is CCCC(=O)Oc1ccc2oc(C)nc2c1. The van der Waals surface area contributed by atoms with Crippen molar-refractivity contribution in [2.24, 2.45) is 0 Å². The number of esters is 1. The van der Waals surface area contributed by atoms with Gasteiger partial charge in [0.05, 0.1) is 0 Å². The standard InChI is InChI=1S/C12H13NO3/c1-3-4-12(14)16-9-5-6-11-10(7-9)13-8(2)15-11/h5-7H,3-4H2,1-2H3. The number of fused-ring (bicyclic) bond motifs is 1. The van der Waals surface area contributed by atoms with Gasteiger partial charge in [-0.3, -0.25) is 4.79 Å². The number of oxazole rings is 1. The van der Waals surface area contributed by atoms with Crippen molar-refractivity contribution in [3.05, 3.63) is 24.1 Å². The van der Waals surface area contributed by atoms with E-state index < -0.39 is 0 Å². The summed E-state index contributed by atoms with van der Waals surface area (Å²) in [4.78, 5) is 15.5. The fourth-order valence-corrected chi connectivity index (χ4v) is 1.47. The number of benzene rings is 1. The van der Waals surface area contributed by atoms with Gasteiger partial charge in [-0.1, -0.05) is 6.92 Å². The predicted molar refractivity (Wildman–Crippen MR) is 59.3 cm³/mol. The van der Waals surface area contributed by atoms with Gasteiger partial charge in [-0.25, -0.2) is 4.98 Å². The molecule has 0 spiro atoms. The Bertz CT molecular complexity index is 516. The van der Waals surface area contributed by atoms with Crippen LogP contribution in [-0.4, -0.2) is 11.0 Å². The van der Waals surface area contributed by atoms with E-state index in [0.29, 0.717) is 29.2 Å². The van der Waals surface area contributed by atoms with Crippen molar-refractivity contribution in [3.63, 3.8) is 0 Å². The van der Waals surface area contributed by atoms with Crippen LogP contribution >= 0.6 is 0 Å². The summed E-state index contributed by atoms with van der Waals surface area (Å²) < 4.78 is 10.5. The molecule has 0 saturated heterocycles. The molecule has 0 aliphatic rings. The Kier molecular flexibility index (Phi) is 2.90. The Balaban J connectivity index is 2.22. The van der Waals surface area contributed by atoms with Gasteiger partial charge in [-0.05, 0) is 18.6 Å². The first-order chi connectivity index (χ1) is 7.69. The van der Waals surface area contributed by atoms with Crippen LogP contribution in [0.25, 0.3) is 11.1 Å². The normalized spacial score (nSPS) is 10.6. The molecule has 0 N–H and O–H groups in total. The predicted octanol–water partition coefficient (Wildman–Crippen LogP) is 2.84. The summed E-state index contributed by atoms with van der Waals surface area (Å²) >= 11 is 0. The second kappa shape index (κ2) is 4.35. The fourth-order valence-electron chi connectivity index (χ4n) is 1.47. The number of nitrogens with zero attached hydrogens (tertiary/aromatic N) is 1. The molecule has 4 nitrogen and oxygen atoms in total. The molecule has 1 aromatic heterocycles. The van der Waals surface area contributed by atoms with Gasteiger partial charge in [-0.15, -0.1) is 0 Å². The van der Waals surface area contributed by atoms with Crippen molar-refractivity contribution in [3.8, 4) is 5.75 Å². The zero-order chi connectivity index (χ0) is 11.5. The monoisotopic (exact) mass is 219 g/mol. The molecule has 2 aromatic rings. The lowest BCUT2D eigenvalue weighted by molar-refractivity contribution is -0.134. The van der Waals surface area contributed by atoms with Crippen molar-refractivity contribution in [2.45, 2.75) is 26.7 Å². The minimum Gasteiger partial charge on any atom is -0.441 e. The molecule has 2 rings (SSSR count). The molecule has 84 valence electrons. The van der Waals surface area contributed by atoms with E-state index in [4.69, 9.17) is 9.15 Å². The number of aryl methyl sites for hydroxylation is 1. The largest absolute Gasteiger partial charge is 0.441 e. The van der Waals surface area contributed by atoms with Crippen LogP contribution in [0, 0.1) is 6.92 Å². The van der Waals surface area contributed by atoms with Crippen LogP contribution in [0.1, 0.15) is 25.7 Å². The second-order valence-corrected chi connectivity index (χ2v) is 3.59. The Hall–Kier alpha value is -1.84. The van der Waals surface area contributed by atoms with Crippen molar-refractivity contribution in [2.75, 3.05) is 0 Å². The molecule has 16 heavy (non-hydrogen) atoms. The van der Waals surface area contributed by atoms with E-state index in [0.717, 1.165) is 6.42 Å². The number of rotatable bonds is 3. The smallest absolute Gasteiger partial charge is 0.311 e. The third-order valence-electron chi connectivity index (χ3n) is 2.15. The molecule has 0 atom stereocenters. The molecule has 0 fully saturated rings. The van der Waals surface area contributed by atoms with Crippen LogP contribution in [-0.2, 0) is 4.79 Å². The molecular weight excluding hydrogens is 206 g/mol. The first kappa shape index (κ1) is 10.7. The lowest BCUT2D eigenvalue weighted by Crippen LogP contribution is -2.06. The molecule has 0 aliphatic heterocycles. The third-order valence-corrected chi connectivity index (χ3v) is 2.15. The molecule has 1 aromatic carbocycles. The van der Waals surface area contributed by atoms with Crippen molar-refractivity contribution < 1.29 is 13.9 Å². The van der Waals surface area contributed by atoms with E-state index in [1.165, 1.54) is 0 Å². The Labute approximate surface area is 93.2 Å². The average Bonchev–Trinajstić information content (AvgIpc) is 2.57. The maximum atomic E-state index is 11.3. The summed E-state index contributed by atoms with van der Waals surface area (Å²) in [5.74, 6) is 0.897. The van der Waals surface area contributed by atoms with Gasteiger partial charge in [0, 0.05) is 19.4 Å². The van der Waals surface area contributed by atoms with Crippen molar-refractivity contribution >= 4 is 17.1 Å². The summed E-state index contributed by atoms with van der Waals surface area (Å²) in [6, 6.07) is 5.17. The van der Waals surface area contributed by atoms with Crippen molar-refractivity contribution in [1.82, 2.24) is 4.98 Å². The average molecular weight is 219 g/mol. The molecule has 4 heteroatoms. The molecule has 0 radical (unpaired) electrons. The van der Waals surface area contributed by atoms with Gasteiger partial charge >= 0.3 is 5.97 Å². The van der Waals surface area contributed by atoms with Gasteiger partial charge < -0.3 is 9.15 Å². The number of carbonyl (C=O) groups is 1. The van der Waals surface area contributed by atoms with E-state index in [1.54, 1.807) is 25.1 Å². The molecular formula is C12H13NO3. The zero-order valence-corrected chi connectivity index (χ0v) is 9.32. The van der Waals surface area contributed by atoms with Crippen LogP contribution < -0.4 is 4.74 Å². The first-order valence-corrected chi connectivity index (χ1v) is 5.27. The van der Waals surface area contributed by atoms with Crippen LogP contribution in [0.3, 0.4) is 0 Å². The third kappa shape index (κ3) is 2.21. The highest BCUT2D eigenvalue weighted by atomic mass is 16.5. The fraction of sp³-hybridized carbons (Fsp3) is 0.333. The number of ether oxygens (including phenoxy) is 1. The van der Waals surface area contributed by atoms with Gasteiger partial charge in [0.1, 0.15) is 11.3 Å². The van der Waals surface area contributed by atoms with E-state index in [1.807, 2.05) is 6.92 Å². The highest BCUT2D eigenvalue weighted by molar-refractivity contribution is 5.77. The number of aromatic nitrogens is 1. The number of hydrogen-bond acceptors (Lipinski definition) is 4. The summed E-state index contributed by atoms with van der Waals surface area (Å²) in [6.45, 7) is 3.72. The van der Waals surface area contributed by atoms with Crippen LogP contribution in [0.2, 0.25) is 0 Å². The summed E-state index contributed by atoms with van der Waals surface area (Å²) in [6.07, 6.45) is 1.21. The topological polar surface area (TPSA) is 52.3 Å². The minimum absolute atomic E-state index is 0.220. The lowest BCUT2D eigenvalue weighted by Gasteiger charge is -2.01. The zero-order valence-electron chi connectivity index (χ0n) is 9.32. The van der Waals surface area contributed by atoms with Gasteiger partial charge in [0.25, 0.3) is 0 Å². The van der Waals surface area contributed by atoms with Gasteiger partial charge in [0.15, 0.2) is 11.5 Å². The highest BCUT2D eigenvalue weighted by Crippen LogP contribution is 2.21. The summed E-state index contributed by atoms with van der Waals surface area (Å²) in [7, 11) is 0. The maximum absolute atomic E-state index is 11.3. The first-order valence-electron chi connectivity index (χ1n) is 5.27. The molecule has 0 saturated carbocycles. The van der Waals surface area contributed by atoms with Crippen LogP contribution in [0.4, 0.5) is 0 Å². The summed E-state index contributed by atoms with van der Waals surface area (Å²) in [5, 5.41) is 0. The van der Waals surface area contributed by atoms with E-state index >= 15 is 0 Å². The molecule has 0 bridgehead atoms. The van der Waals surface area contributed by atoms with Crippen molar-refractivity contribution in [1.29, 1.82) is 0 Å². The Morgan fingerprint density at radius 1 is 1.50 bits per heavy atom. The lowest BCUT2D eigenvalue weighted by atomic mass is 10.3. The van der Waals surface area contributed by atoms with E-state index in [9.17, 15) is 4.79 Å². The molecule has 0 aliphatic carbocycles. The van der Waals surface area contributed by atoms with Gasteiger partial charge in [-0.2, -0.15) is 0 Å². The molecule has 1 heterocycles. The molecule has 0 amide bonds. The van der Waals surface area contributed by atoms with E-state index in [-0.39, 0.29) is 5.97 Å². The highest BCUT2D eigenvalue weighted by Gasteiger charge is 2.07. The van der Waals surface area contributed by atoms with Gasteiger partial charge in [0.2, 0.25) is 0 Å². The Morgan fingerprint density at radius 2 is 2.31 bits per heavy atom. The molecule has 0 unspecified atom stereocenters.